The summed E-state index contributed by atoms with van der Waals surface area (Å²) >= 11 is 5.96. The molecule has 4 amide bonds. The molecule has 1 N–H and O–H groups in total. The van der Waals surface area contributed by atoms with E-state index in [2.05, 4.69) is 11.9 Å². The maximum atomic E-state index is 12.6. The van der Waals surface area contributed by atoms with Crippen molar-refractivity contribution in [3.8, 4) is 5.69 Å². The van der Waals surface area contributed by atoms with Gasteiger partial charge in [-0.05, 0) is 55.8 Å². The molecule has 3 rings (SSSR count). The van der Waals surface area contributed by atoms with E-state index in [4.69, 9.17) is 11.6 Å². The van der Waals surface area contributed by atoms with Crippen LogP contribution in [-0.2, 0) is 9.59 Å². The summed E-state index contributed by atoms with van der Waals surface area (Å²) in [5, 5.41) is 2.82. The van der Waals surface area contributed by atoms with Crippen molar-refractivity contribution < 1.29 is 14.4 Å². The molecule has 1 aliphatic rings. The van der Waals surface area contributed by atoms with Gasteiger partial charge in [0.2, 0.25) is 0 Å². The molecule has 6 nitrogen and oxygen atoms in total. The molecule has 2 aromatic rings. The summed E-state index contributed by atoms with van der Waals surface area (Å²) < 4.78 is 2.00. The number of barbiturate groups is 1. The van der Waals surface area contributed by atoms with Crippen molar-refractivity contribution in [3.05, 3.63) is 70.5 Å². The molecule has 1 aromatic heterocycles. The van der Waals surface area contributed by atoms with Gasteiger partial charge in [-0.3, -0.25) is 19.8 Å². The van der Waals surface area contributed by atoms with Crippen LogP contribution in [-0.4, -0.2) is 33.9 Å². The van der Waals surface area contributed by atoms with Gasteiger partial charge in [0, 0.05) is 28.6 Å². The van der Waals surface area contributed by atoms with E-state index in [1.807, 2.05) is 36.6 Å². The molecule has 1 saturated heterocycles. The van der Waals surface area contributed by atoms with Gasteiger partial charge in [-0.2, -0.15) is 0 Å². The molecule has 2 heterocycles. The Kier molecular flexibility index (Phi) is 5.01. The fourth-order valence-corrected chi connectivity index (χ4v) is 3.19. The lowest BCUT2D eigenvalue weighted by molar-refractivity contribution is -0.129. The standard InChI is InChI=1S/C20H18ClN3O3/c1-4-9-23-19(26)17(18(25)22-20(23)27)11-14-10-12(2)24(13(14)3)16-7-5-15(21)6-8-16/h4-8,10-11H,1,9H2,2-3H3,(H,22,25,27). The number of hydrogen-bond donors (Lipinski definition) is 1. The first-order valence-electron chi connectivity index (χ1n) is 8.28. The third-order valence-electron chi connectivity index (χ3n) is 4.35. The van der Waals surface area contributed by atoms with Crippen LogP contribution in [0.15, 0.2) is 48.6 Å². The summed E-state index contributed by atoms with van der Waals surface area (Å²) in [6, 6.07) is 8.51. The Bertz CT molecular complexity index is 987. The topological polar surface area (TPSA) is 71.4 Å². The molecule has 1 aliphatic heterocycles. The maximum Gasteiger partial charge on any atom is 0.331 e. The highest BCUT2D eigenvalue weighted by molar-refractivity contribution is 6.31. The lowest BCUT2D eigenvalue weighted by atomic mass is 10.1. The van der Waals surface area contributed by atoms with Crippen LogP contribution in [0.5, 0.6) is 0 Å². The Hall–Kier alpha value is -3.12. The van der Waals surface area contributed by atoms with E-state index in [0.29, 0.717) is 10.6 Å². The number of carbonyl (C=O) groups is 3. The minimum atomic E-state index is -0.742. The smallest absolute Gasteiger partial charge is 0.318 e. The van der Waals surface area contributed by atoms with Crippen LogP contribution in [0.1, 0.15) is 17.0 Å². The van der Waals surface area contributed by atoms with Crippen molar-refractivity contribution in [2.45, 2.75) is 13.8 Å². The molecule has 0 unspecified atom stereocenters. The van der Waals surface area contributed by atoms with E-state index in [1.54, 1.807) is 12.1 Å². The molecule has 0 atom stereocenters. The molecular formula is C20H18ClN3O3. The molecule has 0 radical (unpaired) electrons. The zero-order valence-corrected chi connectivity index (χ0v) is 15.7. The quantitative estimate of drug-likeness (QED) is 0.499. The minimum absolute atomic E-state index is 0.0269. The molecule has 27 heavy (non-hydrogen) atoms. The number of urea groups is 1. The number of hydrogen-bond acceptors (Lipinski definition) is 3. The number of imide groups is 2. The first-order chi connectivity index (χ1) is 12.8. The zero-order chi connectivity index (χ0) is 19.7. The lowest BCUT2D eigenvalue weighted by Crippen LogP contribution is -2.54. The van der Waals surface area contributed by atoms with Crippen molar-refractivity contribution in [2.75, 3.05) is 6.54 Å². The van der Waals surface area contributed by atoms with E-state index in [1.165, 1.54) is 12.2 Å². The molecule has 1 fully saturated rings. The average Bonchev–Trinajstić information content (AvgIpc) is 2.90. The maximum absolute atomic E-state index is 12.6. The van der Waals surface area contributed by atoms with Gasteiger partial charge in [-0.25, -0.2) is 4.79 Å². The zero-order valence-electron chi connectivity index (χ0n) is 15.0. The third kappa shape index (κ3) is 3.44. The van der Waals surface area contributed by atoms with E-state index >= 15 is 0 Å². The molecule has 0 spiro atoms. The molecule has 138 valence electrons. The number of nitrogens with one attached hydrogen (secondary N) is 1. The summed E-state index contributed by atoms with van der Waals surface area (Å²) in [6.07, 6.45) is 2.94. The Morgan fingerprint density at radius 2 is 1.81 bits per heavy atom. The molecule has 0 bridgehead atoms. The Labute approximate surface area is 161 Å². The monoisotopic (exact) mass is 383 g/mol. The SMILES string of the molecule is C=CCN1C(=O)NC(=O)C(=Cc2cc(C)n(-c3ccc(Cl)cc3)c2C)C1=O. The first-order valence-corrected chi connectivity index (χ1v) is 8.66. The fraction of sp³-hybridized carbons (Fsp3) is 0.150. The number of aromatic nitrogens is 1. The van der Waals surface area contributed by atoms with Crippen LogP contribution < -0.4 is 5.32 Å². The Balaban J connectivity index is 2.04. The number of rotatable bonds is 4. The van der Waals surface area contributed by atoms with Gasteiger partial charge < -0.3 is 4.57 Å². The van der Waals surface area contributed by atoms with E-state index in [-0.39, 0.29) is 12.1 Å². The largest absolute Gasteiger partial charge is 0.331 e. The van der Waals surface area contributed by atoms with Crippen molar-refractivity contribution in [2.24, 2.45) is 0 Å². The van der Waals surface area contributed by atoms with Crippen LogP contribution in [0.4, 0.5) is 4.79 Å². The molecule has 0 saturated carbocycles. The average molecular weight is 384 g/mol. The second-order valence-electron chi connectivity index (χ2n) is 6.16. The van der Waals surface area contributed by atoms with Crippen LogP contribution in [0, 0.1) is 13.8 Å². The van der Waals surface area contributed by atoms with Crippen LogP contribution in [0.25, 0.3) is 11.8 Å². The summed E-state index contributed by atoms with van der Waals surface area (Å²) in [6.45, 7) is 7.38. The van der Waals surface area contributed by atoms with Gasteiger partial charge in [-0.15, -0.1) is 6.58 Å². The number of carbonyl (C=O) groups excluding carboxylic acids is 3. The highest BCUT2D eigenvalue weighted by Gasteiger charge is 2.35. The predicted octanol–water partition coefficient (Wildman–Crippen LogP) is 3.40. The van der Waals surface area contributed by atoms with E-state index in [0.717, 1.165) is 22.0 Å². The number of aryl methyl sites for hydroxylation is 1. The third-order valence-corrected chi connectivity index (χ3v) is 4.60. The summed E-state index contributed by atoms with van der Waals surface area (Å²) in [5.41, 5.74) is 3.34. The van der Waals surface area contributed by atoms with Crippen LogP contribution >= 0.6 is 11.6 Å². The van der Waals surface area contributed by atoms with Gasteiger partial charge in [0.1, 0.15) is 5.57 Å². The second-order valence-corrected chi connectivity index (χ2v) is 6.60. The molecule has 7 heteroatoms. The highest BCUT2D eigenvalue weighted by Crippen LogP contribution is 2.25. The van der Waals surface area contributed by atoms with Crippen LogP contribution in [0.2, 0.25) is 5.02 Å². The van der Waals surface area contributed by atoms with Crippen molar-refractivity contribution in [1.29, 1.82) is 0 Å². The molecule has 0 aliphatic carbocycles. The second kappa shape index (κ2) is 7.25. The summed E-state index contributed by atoms with van der Waals surface area (Å²) in [4.78, 5) is 37.5. The number of amides is 4. The molecule has 1 aromatic carbocycles. The fourth-order valence-electron chi connectivity index (χ4n) is 3.07. The lowest BCUT2D eigenvalue weighted by Gasteiger charge is -2.25. The van der Waals surface area contributed by atoms with E-state index < -0.39 is 17.8 Å². The van der Waals surface area contributed by atoms with Crippen molar-refractivity contribution >= 4 is 35.5 Å². The number of benzene rings is 1. The van der Waals surface area contributed by atoms with Gasteiger partial charge in [0.15, 0.2) is 0 Å². The van der Waals surface area contributed by atoms with Crippen molar-refractivity contribution in [1.82, 2.24) is 14.8 Å². The van der Waals surface area contributed by atoms with Gasteiger partial charge in [0.05, 0.1) is 0 Å². The predicted molar refractivity (Wildman–Crippen MR) is 104 cm³/mol. The minimum Gasteiger partial charge on any atom is -0.318 e. The Morgan fingerprint density at radius 1 is 1.15 bits per heavy atom. The normalized spacial score (nSPS) is 16.0. The molecular weight excluding hydrogens is 366 g/mol. The van der Waals surface area contributed by atoms with E-state index in [9.17, 15) is 14.4 Å². The summed E-state index contributed by atoms with van der Waals surface area (Å²) in [5.74, 6) is -1.35. The van der Waals surface area contributed by atoms with Gasteiger partial charge in [-0.1, -0.05) is 17.7 Å². The highest BCUT2D eigenvalue weighted by atomic mass is 35.5. The first kappa shape index (κ1) is 18.7. The van der Waals surface area contributed by atoms with Gasteiger partial charge >= 0.3 is 6.03 Å². The van der Waals surface area contributed by atoms with Crippen molar-refractivity contribution in [3.63, 3.8) is 0 Å². The number of halogens is 1. The summed E-state index contributed by atoms with van der Waals surface area (Å²) in [7, 11) is 0. The number of nitrogens with zero attached hydrogens (tertiary/aromatic N) is 2. The van der Waals surface area contributed by atoms with Crippen LogP contribution in [0.3, 0.4) is 0 Å². The van der Waals surface area contributed by atoms with Gasteiger partial charge in [0.25, 0.3) is 11.8 Å². The Morgan fingerprint density at radius 3 is 2.44 bits per heavy atom.